The van der Waals surface area contributed by atoms with Crippen LogP contribution in [0.4, 0.5) is 0 Å². The topological polar surface area (TPSA) is 69.0 Å². The maximum absolute atomic E-state index is 12.2. The zero-order valence-electron chi connectivity index (χ0n) is 13.5. The lowest BCUT2D eigenvalue weighted by atomic mass is 10.1. The van der Waals surface area contributed by atoms with Gasteiger partial charge in [-0.05, 0) is 37.0 Å². The van der Waals surface area contributed by atoms with E-state index >= 15 is 0 Å². The Morgan fingerprint density at radius 2 is 2.35 bits per heavy atom. The second kappa shape index (κ2) is 6.91. The molecular weight excluding hydrogens is 292 g/mol. The Labute approximate surface area is 135 Å². The number of pyridine rings is 1. The molecule has 0 unspecified atom stereocenters. The first-order chi connectivity index (χ1) is 11.1. The molecule has 3 heterocycles. The molecule has 2 aromatic heterocycles. The second-order valence-corrected chi connectivity index (χ2v) is 6.00. The molecule has 1 aliphatic rings. The van der Waals surface area contributed by atoms with E-state index in [1.54, 1.807) is 10.9 Å². The van der Waals surface area contributed by atoms with Gasteiger partial charge >= 0.3 is 0 Å². The Morgan fingerprint density at radius 1 is 1.48 bits per heavy atom. The number of hydrogen-bond donors (Lipinski definition) is 1. The van der Waals surface area contributed by atoms with Crippen molar-refractivity contribution in [1.29, 1.82) is 0 Å². The summed E-state index contributed by atoms with van der Waals surface area (Å²) in [4.78, 5) is 16.4. The van der Waals surface area contributed by atoms with Gasteiger partial charge in [-0.25, -0.2) is 0 Å². The number of amides is 1. The number of hydrogen-bond acceptors (Lipinski definition) is 4. The third-order valence-corrected chi connectivity index (χ3v) is 4.16. The van der Waals surface area contributed by atoms with Crippen LogP contribution in [0.5, 0.6) is 0 Å². The van der Waals surface area contributed by atoms with E-state index in [1.807, 2.05) is 32.4 Å². The van der Waals surface area contributed by atoms with Crippen LogP contribution in [-0.2, 0) is 23.0 Å². The zero-order chi connectivity index (χ0) is 16.2. The minimum Gasteiger partial charge on any atom is -0.370 e. The third kappa shape index (κ3) is 3.76. The van der Waals surface area contributed by atoms with E-state index in [0.29, 0.717) is 19.4 Å². The molecule has 1 amide bonds. The summed E-state index contributed by atoms with van der Waals surface area (Å²) in [5, 5.41) is 7.28. The number of nitrogens with zero attached hydrogens (tertiary/aromatic N) is 3. The molecule has 0 aromatic carbocycles. The molecule has 2 atom stereocenters. The van der Waals surface area contributed by atoms with E-state index in [1.165, 1.54) is 0 Å². The molecule has 1 fully saturated rings. The second-order valence-electron chi connectivity index (χ2n) is 6.00. The van der Waals surface area contributed by atoms with Gasteiger partial charge in [0.05, 0.1) is 11.7 Å². The van der Waals surface area contributed by atoms with Crippen molar-refractivity contribution < 1.29 is 9.53 Å². The van der Waals surface area contributed by atoms with Crippen LogP contribution < -0.4 is 5.32 Å². The van der Waals surface area contributed by atoms with Gasteiger partial charge in [-0.1, -0.05) is 6.07 Å². The third-order valence-electron chi connectivity index (χ3n) is 4.16. The molecule has 3 rings (SSSR count). The van der Waals surface area contributed by atoms with Gasteiger partial charge in [0.25, 0.3) is 0 Å². The van der Waals surface area contributed by atoms with Gasteiger partial charge in [0.1, 0.15) is 6.10 Å². The van der Waals surface area contributed by atoms with Crippen molar-refractivity contribution in [2.24, 2.45) is 7.05 Å². The first-order valence-corrected chi connectivity index (χ1v) is 7.93. The smallest absolute Gasteiger partial charge is 0.220 e. The Bertz CT molecular complexity index is 683. The summed E-state index contributed by atoms with van der Waals surface area (Å²) in [6, 6.07) is 4.01. The van der Waals surface area contributed by atoms with Crippen molar-refractivity contribution in [3.05, 3.63) is 47.5 Å². The van der Waals surface area contributed by atoms with Crippen LogP contribution in [0.15, 0.2) is 30.7 Å². The van der Waals surface area contributed by atoms with E-state index in [9.17, 15) is 4.79 Å². The molecule has 0 aliphatic carbocycles. The van der Waals surface area contributed by atoms with E-state index < -0.39 is 0 Å². The fourth-order valence-electron chi connectivity index (χ4n) is 2.98. The molecule has 0 bridgehead atoms. The maximum Gasteiger partial charge on any atom is 0.220 e. The van der Waals surface area contributed by atoms with Crippen LogP contribution in [0.3, 0.4) is 0 Å². The number of carbonyl (C=O) groups is 1. The molecule has 2 aromatic rings. The van der Waals surface area contributed by atoms with Crippen molar-refractivity contribution in [2.75, 3.05) is 6.61 Å². The van der Waals surface area contributed by atoms with Crippen molar-refractivity contribution >= 4 is 5.91 Å². The Hall–Kier alpha value is -2.21. The molecule has 1 N–H and O–H groups in total. The first kappa shape index (κ1) is 15.7. The Morgan fingerprint density at radius 3 is 3.09 bits per heavy atom. The highest BCUT2D eigenvalue weighted by atomic mass is 16.5. The average Bonchev–Trinajstić information content (AvgIpc) is 3.14. The molecular formula is C17H22N4O2. The van der Waals surface area contributed by atoms with Gasteiger partial charge in [-0.3, -0.25) is 14.5 Å². The predicted octanol–water partition coefficient (Wildman–Crippen LogP) is 1.70. The SMILES string of the molecule is Cc1cncc(CCC(=O)N[C@H]2CCO[C@@H]2c2ccnn2C)c1. The summed E-state index contributed by atoms with van der Waals surface area (Å²) < 4.78 is 7.58. The van der Waals surface area contributed by atoms with Gasteiger partial charge in [0.15, 0.2) is 0 Å². The molecule has 6 heteroatoms. The summed E-state index contributed by atoms with van der Waals surface area (Å²) >= 11 is 0. The van der Waals surface area contributed by atoms with Crippen LogP contribution in [0.2, 0.25) is 0 Å². The number of aryl methyl sites for hydroxylation is 3. The monoisotopic (exact) mass is 314 g/mol. The van der Waals surface area contributed by atoms with Crippen molar-refractivity contribution in [1.82, 2.24) is 20.1 Å². The number of nitrogens with one attached hydrogen (secondary N) is 1. The molecule has 122 valence electrons. The van der Waals surface area contributed by atoms with Crippen LogP contribution in [0.25, 0.3) is 0 Å². The van der Waals surface area contributed by atoms with Crippen LogP contribution in [-0.4, -0.2) is 33.3 Å². The Kier molecular flexibility index (Phi) is 4.71. The molecule has 0 radical (unpaired) electrons. The van der Waals surface area contributed by atoms with Gasteiger partial charge in [0.2, 0.25) is 5.91 Å². The quantitative estimate of drug-likeness (QED) is 0.912. The first-order valence-electron chi connectivity index (χ1n) is 7.93. The van der Waals surface area contributed by atoms with Crippen molar-refractivity contribution in [3.63, 3.8) is 0 Å². The summed E-state index contributed by atoms with van der Waals surface area (Å²) in [6.07, 6.45) is 7.25. The number of aromatic nitrogens is 3. The summed E-state index contributed by atoms with van der Waals surface area (Å²) in [7, 11) is 1.89. The van der Waals surface area contributed by atoms with E-state index in [-0.39, 0.29) is 18.1 Å². The van der Waals surface area contributed by atoms with Crippen molar-refractivity contribution in [3.8, 4) is 0 Å². The van der Waals surface area contributed by atoms with Crippen LogP contribution in [0.1, 0.15) is 35.8 Å². The lowest BCUT2D eigenvalue weighted by molar-refractivity contribution is -0.122. The molecule has 23 heavy (non-hydrogen) atoms. The van der Waals surface area contributed by atoms with Crippen molar-refractivity contribution in [2.45, 2.75) is 38.3 Å². The molecule has 0 saturated carbocycles. The molecule has 6 nitrogen and oxygen atoms in total. The largest absolute Gasteiger partial charge is 0.370 e. The predicted molar refractivity (Wildman–Crippen MR) is 85.7 cm³/mol. The van der Waals surface area contributed by atoms with E-state index in [0.717, 1.165) is 23.2 Å². The highest BCUT2D eigenvalue weighted by Crippen LogP contribution is 2.28. The van der Waals surface area contributed by atoms with Gasteiger partial charge in [0, 0.05) is 38.7 Å². The Balaban J connectivity index is 1.56. The lowest BCUT2D eigenvalue weighted by Gasteiger charge is -2.20. The lowest BCUT2D eigenvalue weighted by Crippen LogP contribution is -2.37. The van der Waals surface area contributed by atoms with Crippen LogP contribution >= 0.6 is 0 Å². The van der Waals surface area contributed by atoms with Crippen LogP contribution in [0, 0.1) is 6.92 Å². The summed E-state index contributed by atoms with van der Waals surface area (Å²) in [6.45, 7) is 2.66. The highest BCUT2D eigenvalue weighted by molar-refractivity contribution is 5.76. The number of ether oxygens (including phenoxy) is 1. The minimum atomic E-state index is -0.118. The van der Waals surface area contributed by atoms with Gasteiger partial charge in [-0.15, -0.1) is 0 Å². The number of rotatable bonds is 5. The normalized spacial score (nSPS) is 20.6. The van der Waals surface area contributed by atoms with E-state index in [4.69, 9.17) is 4.74 Å². The number of carbonyl (C=O) groups excluding carboxylic acids is 1. The van der Waals surface area contributed by atoms with E-state index in [2.05, 4.69) is 21.5 Å². The van der Waals surface area contributed by atoms with Gasteiger partial charge in [-0.2, -0.15) is 5.10 Å². The average molecular weight is 314 g/mol. The van der Waals surface area contributed by atoms with Gasteiger partial charge < -0.3 is 10.1 Å². The molecule has 1 aliphatic heterocycles. The molecule has 0 spiro atoms. The summed E-state index contributed by atoms with van der Waals surface area (Å²) in [5.41, 5.74) is 3.20. The fraction of sp³-hybridized carbons (Fsp3) is 0.471. The maximum atomic E-state index is 12.2. The summed E-state index contributed by atoms with van der Waals surface area (Å²) in [5.74, 6) is 0.0502. The standard InChI is InChI=1S/C17H22N4O2/c1-12-9-13(11-18-10-12)3-4-16(22)20-14-6-8-23-17(14)15-5-7-19-21(15)2/h5,7,9-11,14,17H,3-4,6,8H2,1-2H3,(H,20,22)/t14-,17-/m0/s1. The fourth-order valence-corrected chi connectivity index (χ4v) is 2.98. The molecule has 1 saturated heterocycles. The highest BCUT2D eigenvalue weighted by Gasteiger charge is 2.32. The minimum absolute atomic E-state index is 0.00790. The zero-order valence-corrected chi connectivity index (χ0v) is 13.5.